The summed E-state index contributed by atoms with van der Waals surface area (Å²) in [6.45, 7) is 6.85. The van der Waals surface area contributed by atoms with Gasteiger partial charge in [-0.2, -0.15) is 0 Å². The monoisotopic (exact) mass is 397 g/mol. The summed E-state index contributed by atoms with van der Waals surface area (Å²) in [5, 5.41) is 9.17. The maximum absolute atomic E-state index is 12.1. The Bertz CT molecular complexity index is 574. The number of hydrogen-bond acceptors (Lipinski definition) is 4. The van der Waals surface area contributed by atoms with Crippen molar-refractivity contribution < 1.29 is 14.3 Å². The highest BCUT2D eigenvalue weighted by Gasteiger charge is 2.20. The predicted molar refractivity (Wildman–Crippen MR) is 109 cm³/mol. The van der Waals surface area contributed by atoms with Crippen LogP contribution in [0, 0.1) is 5.92 Å². The van der Waals surface area contributed by atoms with Crippen molar-refractivity contribution in [3.63, 3.8) is 0 Å². The van der Waals surface area contributed by atoms with Gasteiger partial charge in [0.1, 0.15) is 5.75 Å². The number of hydrogen-bond donors (Lipinski definition) is 3. The van der Waals surface area contributed by atoms with Crippen LogP contribution in [0.15, 0.2) is 24.3 Å². The van der Waals surface area contributed by atoms with E-state index in [9.17, 15) is 9.59 Å². The summed E-state index contributed by atoms with van der Waals surface area (Å²) < 4.78 is 5.42. The second-order valence-electron chi connectivity index (χ2n) is 6.73. The molecule has 2 rings (SSSR count). The van der Waals surface area contributed by atoms with Crippen LogP contribution in [0.25, 0.3) is 0 Å². The van der Waals surface area contributed by atoms with Crippen LogP contribution in [0.2, 0.25) is 0 Å². The zero-order chi connectivity index (χ0) is 18.8. The van der Waals surface area contributed by atoms with E-state index in [2.05, 4.69) is 16.0 Å². The minimum absolute atomic E-state index is 0. The molecule has 2 amide bonds. The standard InChI is InChI=1S/C20H31N3O3.ClH/c1-3-26-18-10-8-16(9-11-18)15(2)23-19(24)7-5-13-22-20(25)17-6-4-12-21-14-17;/h8-11,15,17,21H,3-7,12-14H2,1-2H3,(H,22,25)(H,23,24);1H. The third-order valence-corrected chi connectivity index (χ3v) is 4.62. The fourth-order valence-electron chi connectivity index (χ4n) is 3.10. The molecule has 0 aromatic heterocycles. The highest BCUT2D eigenvalue weighted by atomic mass is 35.5. The molecule has 0 radical (unpaired) electrons. The Balaban J connectivity index is 0.00000364. The number of ether oxygens (including phenoxy) is 1. The van der Waals surface area contributed by atoms with Gasteiger partial charge in [-0.05, 0) is 57.4 Å². The van der Waals surface area contributed by atoms with Crippen LogP contribution < -0.4 is 20.7 Å². The quantitative estimate of drug-likeness (QED) is 0.559. The maximum atomic E-state index is 12.1. The van der Waals surface area contributed by atoms with Gasteiger partial charge in [0.15, 0.2) is 0 Å². The first-order valence-electron chi connectivity index (χ1n) is 9.60. The molecular formula is C20H32ClN3O3. The van der Waals surface area contributed by atoms with Gasteiger partial charge in [-0.1, -0.05) is 12.1 Å². The summed E-state index contributed by atoms with van der Waals surface area (Å²) in [7, 11) is 0. The van der Waals surface area contributed by atoms with Gasteiger partial charge in [0.05, 0.1) is 18.6 Å². The third-order valence-electron chi connectivity index (χ3n) is 4.62. The average Bonchev–Trinajstić information content (AvgIpc) is 2.66. The van der Waals surface area contributed by atoms with Gasteiger partial charge in [-0.3, -0.25) is 9.59 Å². The Kier molecular flexibility index (Phi) is 10.8. The Morgan fingerprint density at radius 3 is 2.67 bits per heavy atom. The molecular weight excluding hydrogens is 366 g/mol. The van der Waals surface area contributed by atoms with Crippen LogP contribution in [0.1, 0.15) is 51.1 Å². The zero-order valence-corrected chi connectivity index (χ0v) is 17.1. The van der Waals surface area contributed by atoms with E-state index in [0.717, 1.165) is 37.2 Å². The van der Waals surface area contributed by atoms with E-state index >= 15 is 0 Å². The minimum atomic E-state index is -0.0546. The molecule has 2 atom stereocenters. The number of carbonyl (C=O) groups excluding carboxylic acids is 2. The molecule has 152 valence electrons. The Morgan fingerprint density at radius 2 is 2.04 bits per heavy atom. The zero-order valence-electron chi connectivity index (χ0n) is 16.3. The molecule has 7 heteroatoms. The third kappa shape index (κ3) is 8.18. The lowest BCUT2D eigenvalue weighted by molar-refractivity contribution is -0.126. The summed E-state index contributed by atoms with van der Waals surface area (Å²) in [5.74, 6) is 0.997. The molecule has 0 spiro atoms. The van der Waals surface area contributed by atoms with E-state index < -0.39 is 0 Å². The van der Waals surface area contributed by atoms with Crippen LogP contribution >= 0.6 is 12.4 Å². The van der Waals surface area contributed by atoms with Crippen molar-refractivity contribution in [1.82, 2.24) is 16.0 Å². The smallest absolute Gasteiger partial charge is 0.224 e. The number of nitrogens with one attached hydrogen (secondary N) is 3. The van der Waals surface area contributed by atoms with Crippen molar-refractivity contribution in [2.45, 2.75) is 45.6 Å². The van der Waals surface area contributed by atoms with Crippen molar-refractivity contribution in [2.75, 3.05) is 26.2 Å². The van der Waals surface area contributed by atoms with Crippen molar-refractivity contribution in [1.29, 1.82) is 0 Å². The molecule has 1 saturated heterocycles. The van der Waals surface area contributed by atoms with Crippen molar-refractivity contribution >= 4 is 24.2 Å². The fraction of sp³-hybridized carbons (Fsp3) is 0.600. The van der Waals surface area contributed by atoms with Crippen molar-refractivity contribution in [2.24, 2.45) is 5.92 Å². The number of piperidine rings is 1. The lowest BCUT2D eigenvalue weighted by Crippen LogP contribution is -2.41. The molecule has 0 aliphatic carbocycles. The number of amides is 2. The Hall–Kier alpha value is -1.79. The first-order valence-corrected chi connectivity index (χ1v) is 9.60. The first kappa shape index (κ1) is 23.2. The lowest BCUT2D eigenvalue weighted by Gasteiger charge is -2.21. The highest BCUT2D eigenvalue weighted by Crippen LogP contribution is 2.17. The molecule has 1 heterocycles. The van der Waals surface area contributed by atoms with E-state index in [1.807, 2.05) is 38.1 Å². The SMILES string of the molecule is CCOc1ccc(C(C)NC(=O)CCCNC(=O)C2CCCNC2)cc1.Cl. The summed E-state index contributed by atoms with van der Waals surface area (Å²) in [5.41, 5.74) is 1.04. The summed E-state index contributed by atoms with van der Waals surface area (Å²) >= 11 is 0. The molecule has 1 fully saturated rings. The molecule has 1 aromatic carbocycles. The molecule has 6 nitrogen and oxygen atoms in total. The van der Waals surface area contributed by atoms with Crippen molar-refractivity contribution in [3.8, 4) is 5.75 Å². The van der Waals surface area contributed by atoms with Gasteiger partial charge in [-0.15, -0.1) is 12.4 Å². The molecule has 1 aliphatic heterocycles. The van der Waals surface area contributed by atoms with Crippen LogP contribution in [-0.4, -0.2) is 38.1 Å². The van der Waals surface area contributed by atoms with Crippen LogP contribution in [-0.2, 0) is 9.59 Å². The fourth-order valence-corrected chi connectivity index (χ4v) is 3.10. The molecule has 1 aromatic rings. The predicted octanol–water partition coefficient (Wildman–Crippen LogP) is 2.58. The lowest BCUT2D eigenvalue weighted by atomic mass is 9.99. The van der Waals surface area contributed by atoms with Gasteiger partial charge in [0.25, 0.3) is 0 Å². The van der Waals surface area contributed by atoms with Crippen LogP contribution in [0.4, 0.5) is 0 Å². The highest BCUT2D eigenvalue weighted by molar-refractivity contribution is 5.85. The molecule has 27 heavy (non-hydrogen) atoms. The van der Waals surface area contributed by atoms with E-state index in [4.69, 9.17) is 4.74 Å². The van der Waals surface area contributed by atoms with Gasteiger partial charge in [0.2, 0.25) is 11.8 Å². The van der Waals surface area contributed by atoms with E-state index in [-0.39, 0.29) is 36.2 Å². The topological polar surface area (TPSA) is 79.5 Å². The molecule has 2 unspecified atom stereocenters. The number of benzene rings is 1. The maximum Gasteiger partial charge on any atom is 0.224 e. The average molecular weight is 398 g/mol. The molecule has 0 bridgehead atoms. The number of halogens is 1. The summed E-state index contributed by atoms with van der Waals surface area (Å²) in [6, 6.07) is 7.71. The van der Waals surface area contributed by atoms with Gasteiger partial charge in [-0.25, -0.2) is 0 Å². The van der Waals surface area contributed by atoms with Gasteiger partial charge in [0, 0.05) is 19.5 Å². The summed E-state index contributed by atoms with van der Waals surface area (Å²) in [4.78, 5) is 24.1. The molecule has 0 saturated carbocycles. The van der Waals surface area contributed by atoms with Crippen LogP contribution in [0.5, 0.6) is 5.75 Å². The van der Waals surface area contributed by atoms with E-state index in [1.165, 1.54) is 0 Å². The molecule has 3 N–H and O–H groups in total. The molecule has 1 aliphatic rings. The Labute approximate surface area is 168 Å². The van der Waals surface area contributed by atoms with E-state index in [0.29, 0.717) is 26.0 Å². The second kappa shape index (κ2) is 12.6. The Morgan fingerprint density at radius 1 is 1.30 bits per heavy atom. The van der Waals surface area contributed by atoms with Gasteiger partial charge < -0.3 is 20.7 Å². The number of rotatable bonds is 9. The number of carbonyl (C=O) groups is 2. The largest absolute Gasteiger partial charge is 0.494 e. The normalized spacial score (nSPS) is 17.3. The second-order valence-corrected chi connectivity index (χ2v) is 6.73. The first-order chi connectivity index (χ1) is 12.6. The van der Waals surface area contributed by atoms with E-state index in [1.54, 1.807) is 0 Å². The van der Waals surface area contributed by atoms with Gasteiger partial charge >= 0.3 is 0 Å². The van der Waals surface area contributed by atoms with Crippen molar-refractivity contribution in [3.05, 3.63) is 29.8 Å². The summed E-state index contributed by atoms with van der Waals surface area (Å²) in [6.07, 6.45) is 3.04. The van der Waals surface area contributed by atoms with Crippen LogP contribution in [0.3, 0.4) is 0 Å². The minimum Gasteiger partial charge on any atom is -0.494 e.